The fraction of sp³-hybridized carbons (Fsp3) is 0.867. The van der Waals surface area contributed by atoms with E-state index >= 15 is 0 Å². The summed E-state index contributed by atoms with van der Waals surface area (Å²) in [7, 11) is 1.66. The van der Waals surface area contributed by atoms with Gasteiger partial charge in [-0.25, -0.2) is 13.2 Å². The number of likely N-dealkylation sites (tertiary alicyclic amines) is 2. The molecule has 2 fully saturated rings. The molecule has 9 heteroatoms. The van der Waals surface area contributed by atoms with Crippen molar-refractivity contribution in [3.05, 3.63) is 0 Å². The number of nitrogens with zero attached hydrogens (tertiary/aromatic N) is 2. The third-order valence-corrected chi connectivity index (χ3v) is 5.41. The number of hydrogen-bond acceptors (Lipinski definition) is 5. The molecule has 2 amide bonds. The van der Waals surface area contributed by atoms with E-state index in [1.165, 1.54) is 0 Å². The van der Waals surface area contributed by atoms with Crippen LogP contribution in [0.5, 0.6) is 0 Å². The van der Waals surface area contributed by atoms with Crippen LogP contribution in [0.25, 0.3) is 0 Å². The highest BCUT2D eigenvalue weighted by atomic mass is 35.7. The van der Waals surface area contributed by atoms with Gasteiger partial charge in [-0.2, -0.15) is 0 Å². The van der Waals surface area contributed by atoms with Gasteiger partial charge in [-0.3, -0.25) is 4.79 Å². The van der Waals surface area contributed by atoms with Crippen molar-refractivity contribution in [3.8, 4) is 0 Å². The van der Waals surface area contributed by atoms with Gasteiger partial charge in [0.25, 0.3) is 0 Å². The molecule has 24 heavy (non-hydrogen) atoms. The summed E-state index contributed by atoms with van der Waals surface area (Å²) in [5, 5.41) is 0. The first-order valence-electron chi connectivity index (χ1n) is 8.14. The van der Waals surface area contributed by atoms with Crippen LogP contribution in [0.1, 0.15) is 40.0 Å². The summed E-state index contributed by atoms with van der Waals surface area (Å²) in [5.41, 5.74) is -0.562. The van der Waals surface area contributed by atoms with E-state index in [2.05, 4.69) is 0 Å². The summed E-state index contributed by atoms with van der Waals surface area (Å²) in [4.78, 5) is 27.7. The van der Waals surface area contributed by atoms with E-state index in [0.717, 1.165) is 12.8 Å². The molecule has 0 bridgehead atoms. The molecule has 0 spiro atoms. The molecule has 1 unspecified atom stereocenters. The van der Waals surface area contributed by atoms with Crippen molar-refractivity contribution in [2.45, 2.75) is 51.7 Å². The Hall–Kier alpha value is -1.02. The lowest BCUT2D eigenvalue weighted by Crippen LogP contribution is -2.45. The topological polar surface area (TPSA) is 84.0 Å². The maximum atomic E-state index is 12.3. The fourth-order valence-corrected chi connectivity index (χ4v) is 4.59. The zero-order valence-corrected chi connectivity index (χ0v) is 15.9. The minimum Gasteiger partial charge on any atom is -0.444 e. The van der Waals surface area contributed by atoms with Gasteiger partial charge in [-0.1, -0.05) is 0 Å². The Morgan fingerprint density at radius 1 is 1.38 bits per heavy atom. The molecule has 138 valence electrons. The summed E-state index contributed by atoms with van der Waals surface area (Å²) in [6.07, 6.45) is 1.49. The molecular formula is C15H25ClN2O5S. The van der Waals surface area contributed by atoms with Crippen LogP contribution in [0.15, 0.2) is 0 Å². The third-order valence-electron chi connectivity index (χ3n) is 4.17. The Balaban J connectivity index is 1.94. The molecule has 0 aliphatic carbocycles. The number of hydrogen-bond donors (Lipinski definition) is 0. The normalized spacial score (nSPS) is 25.4. The first kappa shape index (κ1) is 19.3. The molecule has 2 aliphatic heterocycles. The molecule has 0 saturated carbocycles. The molecule has 7 nitrogen and oxygen atoms in total. The summed E-state index contributed by atoms with van der Waals surface area (Å²) in [6.45, 7) is 6.84. The molecular weight excluding hydrogens is 356 g/mol. The Labute approximate surface area is 147 Å². The minimum atomic E-state index is -3.62. The van der Waals surface area contributed by atoms with Crippen LogP contribution in [0.3, 0.4) is 0 Å². The average molecular weight is 381 g/mol. The van der Waals surface area contributed by atoms with E-state index in [4.69, 9.17) is 15.4 Å². The smallest absolute Gasteiger partial charge is 0.410 e. The number of halogens is 1. The highest BCUT2D eigenvalue weighted by Crippen LogP contribution is 2.26. The van der Waals surface area contributed by atoms with Gasteiger partial charge in [0.15, 0.2) is 0 Å². The van der Waals surface area contributed by atoms with Crippen LogP contribution < -0.4 is 0 Å². The van der Waals surface area contributed by atoms with E-state index < -0.39 is 14.7 Å². The largest absolute Gasteiger partial charge is 0.444 e. The van der Waals surface area contributed by atoms with Crippen molar-refractivity contribution >= 4 is 31.7 Å². The van der Waals surface area contributed by atoms with Gasteiger partial charge < -0.3 is 14.5 Å². The quantitative estimate of drug-likeness (QED) is 0.694. The highest BCUT2D eigenvalue weighted by Gasteiger charge is 2.38. The van der Waals surface area contributed by atoms with E-state index in [-0.39, 0.29) is 36.1 Å². The number of amides is 2. The second-order valence-electron chi connectivity index (χ2n) is 7.54. The van der Waals surface area contributed by atoms with Gasteiger partial charge in [-0.15, -0.1) is 0 Å². The maximum Gasteiger partial charge on any atom is 0.410 e. The lowest BCUT2D eigenvalue weighted by atomic mass is 10.1. The summed E-state index contributed by atoms with van der Waals surface area (Å²) >= 11 is 0. The lowest BCUT2D eigenvalue weighted by molar-refractivity contribution is -0.128. The second kappa shape index (κ2) is 7.07. The van der Waals surface area contributed by atoms with Crippen LogP contribution in [0.2, 0.25) is 0 Å². The first-order valence-corrected chi connectivity index (χ1v) is 10.6. The molecule has 0 aromatic rings. The van der Waals surface area contributed by atoms with Crippen LogP contribution in [0, 0.1) is 5.92 Å². The molecule has 2 atom stereocenters. The molecule has 2 saturated heterocycles. The second-order valence-corrected chi connectivity index (χ2v) is 10.4. The van der Waals surface area contributed by atoms with Crippen molar-refractivity contribution in [1.82, 2.24) is 9.80 Å². The SMILES string of the molecule is CC(C)(C)OC(=O)N1CCC[C@@H]1CN1CC(CS(=O)(=O)Cl)CC1=O. The Bertz CT molecular complexity index is 601. The van der Waals surface area contributed by atoms with Crippen molar-refractivity contribution in [1.29, 1.82) is 0 Å². The van der Waals surface area contributed by atoms with E-state index in [0.29, 0.717) is 19.6 Å². The Morgan fingerprint density at radius 2 is 2.04 bits per heavy atom. The average Bonchev–Trinajstić information content (AvgIpc) is 2.93. The Morgan fingerprint density at radius 3 is 2.62 bits per heavy atom. The number of rotatable bonds is 4. The molecule has 2 heterocycles. The van der Waals surface area contributed by atoms with Crippen molar-refractivity contribution in [2.24, 2.45) is 5.92 Å². The third kappa shape index (κ3) is 5.51. The van der Waals surface area contributed by atoms with Gasteiger partial charge in [0.05, 0.1) is 11.8 Å². The van der Waals surface area contributed by atoms with Gasteiger partial charge in [-0.05, 0) is 33.6 Å². The first-order chi connectivity index (χ1) is 10.9. The lowest BCUT2D eigenvalue weighted by Gasteiger charge is -2.31. The monoisotopic (exact) mass is 380 g/mol. The maximum absolute atomic E-state index is 12.3. The van der Waals surface area contributed by atoms with Gasteiger partial charge >= 0.3 is 6.09 Å². The predicted octanol–water partition coefficient (Wildman–Crippen LogP) is 1.80. The number of carbonyl (C=O) groups is 2. The van der Waals surface area contributed by atoms with E-state index in [1.54, 1.807) is 9.80 Å². The molecule has 2 aliphatic rings. The van der Waals surface area contributed by atoms with E-state index in [9.17, 15) is 18.0 Å². The molecule has 0 radical (unpaired) electrons. The number of carbonyl (C=O) groups excluding carboxylic acids is 2. The minimum absolute atomic E-state index is 0.0867. The summed E-state index contributed by atoms with van der Waals surface area (Å²) < 4.78 is 27.8. The van der Waals surface area contributed by atoms with Gasteiger partial charge in [0, 0.05) is 42.7 Å². The van der Waals surface area contributed by atoms with Gasteiger partial charge in [0.2, 0.25) is 15.0 Å². The summed E-state index contributed by atoms with van der Waals surface area (Å²) in [6, 6.07) is -0.0878. The Kier molecular flexibility index (Phi) is 5.69. The van der Waals surface area contributed by atoms with Gasteiger partial charge in [0.1, 0.15) is 5.60 Å². The van der Waals surface area contributed by atoms with E-state index in [1.807, 2.05) is 20.8 Å². The molecule has 0 N–H and O–H groups in total. The molecule has 0 aromatic heterocycles. The zero-order valence-electron chi connectivity index (χ0n) is 14.3. The molecule has 2 rings (SSSR count). The van der Waals surface area contributed by atoms with Crippen LogP contribution >= 0.6 is 10.7 Å². The standard InChI is InChI=1S/C15H25ClN2O5S/c1-15(2,3)23-14(20)18-6-4-5-12(18)9-17-8-11(7-13(17)19)10-24(16,21)22/h11-12H,4-10H2,1-3H3/t11?,12-/m1/s1. The van der Waals surface area contributed by atoms with Crippen LogP contribution in [0.4, 0.5) is 4.79 Å². The molecule has 0 aromatic carbocycles. The van der Waals surface area contributed by atoms with Crippen molar-refractivity contribution < 1.29 is 22.7 Å². The number of ether oxygens (including phenoxy) is 1. The van der Waals surface area contributed by atoms with Crippen LogP contribution in [-0.2, 0) is 18.6 Å². The van der Waals surface area contributed by atoms with Crippen molar-refractivity contribution in [3.63, 3.8) is 0 Å². The van der Waals surface area contributed by atoms with Crippen LogP contribution in [-0.4, -0.2) is 67.2 Å². The fourth-order valence-electron chi connectivity index (χ4n) is 3.26. The predicted molar refractivity (Wildman–Crippen MR) is 90.3 cm³/mol. The zero-order chi connectivity index (χ0) is 18.1. The summed E-state index contributed by atoms with van der Waals surface area (Å²) in [5.74, 6) is -0.565. The van der Waals surface area contributed by atoms with Crippen molar-refractivity contribution in [2.75, 3.05) is 25.4 Å². The highest BCUT2D eigenvalue weighted by molar-refractivity contribution is 8.13.